The van der Waals surface area contributed by atoms with E-state index in [-0.39, 0.29) is 0 Å². The van der Waals surface area contributed by atoms with Gasteiger partial charge in [-0.3, -0.25) is 0 Å². The lowest BCUT2D eigenvalue weighted by Crippen LogP contribution is -1.10. The zero-order valence-corrected chi connectivity index (χ0v) is 4.25. The van der Waals surface area contributed by atoms with Gasteiger partial charge < -0.3 is 0 Å². The second-order valence-electron chi connectivity index (χ2n) is 0.430. The van der Waals surface area contributed by atoms with Gasteiger partial charge in [-0.05, 0) is 22.5 Å². The number of rotatable bonds is 0. The summed E-state index contributed by atoms with van der Waals surface area (Å²) < 4.78 is 0. The minimum atomic E-state index is 1.57. The van der Waals surface area contributed by atoms with Gasteiger partial charge in [0.25, 0.3) is 0 Å². The van der Waals surface area contributed by atoms with Gasteiger partial charge in [0.05, 0.1) is 0 Å². The highest BCUT2D eigenvalue weighted by Gasteiger charge is 1.32. The van der Waals surface area contributed by atoms with Crippen LogP contribution in [-0.4, -0.2) is 0 Å². The number of hydrogen-bond donors (Lipinski definition) is 0. The molecule has 0 unspecified atom stereocenters. The van der Waals surface area contributed by atoms with Crippen molar-refractivity contribution in [2.24, 2.45) is 0 Å². The summed E-state index contributed by atoms with van der Waals surface area (Å²) in [5, 5.41) is 0. The van der Waals surface area contributed by atoms with Crippen molar-refractivity contribution >= 4 is 15.9 Å². The molecule has 0 saturated heterocycles. The largest absolute Gasteiger partial charge is 0.0776 e. The van der Waals surface area contributed by atoms with E-state index in [0.717, 1.165) is 0 Å². The maximum Gasteiger partial charge on any atom is 0.0316 e. The quantitative estimate of drug-likeness (QED) is 0.440. The standard InChI is InChI=1S/C4H3Br/c1-2-3-4-5/h4H,1H2. The fourth-order valence-corrected chi connectivity index (χ4v) is 0.200. The normalized spacial score (nSPS) is 4.20. The van der Waals surface area contributed by atoms with Gasteiger partial charge in [-0.2, -0.15) is 0 Å². The Balaban J connectivity index is 3.75. The van der Waals surface area contributed by atoms with E-state index in [4.69, 9.17) is 0 Å². The Morgan fingerprint density at radius 1 is 1.80 bits per heavy atom. The molecule has 0 nitrogen and oxygen atoms in total. The molecule has 0 aliphatic rings. The highest BCUT2D eigenvalue weighted by Crippen LogP contribution is 1.72. The van der Waals surface area contributed by atoms with E-state index in [9.17, 15) is 0 Å². The fraction of sp³-hybridized carbons (Fsp3) is 0. The highest BCUT2D eigenvalue weighted by molar-refractivity contribution is 9.11. The van der Waals surface area contributed by atoms with Crippen molar-refractivity contribution in [2.75, 3.05) is 0 Å². The van der Waals surface area contributed by atoms with Crippen LogP contribution in [0.15, 0.2) is 23.0 Å². The molecule has 0 heterocycles. The molecule has 0 amide bonds. The van der Waals surface area contributed by atoms with Crippen LogP contribution in [0.5, 0.6) is 0 Å². The van der Waals surface area contributed by atoms with Gasteiger partial charge in [-0.1, -0.05) is 11.5 Å². The van der Waals surface area contributed by atoms with E-state index in [2.05, 4.69) is 34.0 Å². The van der Waals surface area contributed by atoms with Crippen molar-refractivity contribution in [3.63, 3.8) is 0 Å². The van der Waals surface area contributed by atoms with Gasteiger partial charge >= 0.3 is 0 Å². The third-order valence-corrected chi connectivity index (χ3v) is 0.386. The van der Waals surface area contributed by atoms with Crippen LogP contribution in [0, 0.1) is 0 Å². The van der Waals surface area contributed by atoms with Crippen LogP contribution in [-0.2, 0) is 0 Å². The zero-order valence-electron chi connectivity index (χ0n) is 2.66. The predicted octanol–water partition coefficient (Wildman–Crippen LogP) is 1.83. The Hall–Kier alpha value is -0.220. The summed E-state index contributed by atoms with van der Waals surface area (Å²) in [6.07, 6.45) is 0. The molecule has 5 heavy (non-hydrogen) atoms. The van der Waals surface area contributed by atoms with Crippen LogP contribution in [0.1, 0.15) is 0 Å². The van der Waals surface area contributed by atoms with Crippen LogP contribution in [0.4, 0.5) is 0 Å². The average Bonchev–Trinajstić information content (AvgIpc) is 1.41. The summed E-state index contributed by atoms with van der Waals surface area (Å²) in [6.45, 7) is 3.25. The molecule has 1 heteroatoms. The van der Waals surface area contributed by atoms with E-state index in [1.165, 1.54) is 0 Å². The predicted molar refractivity (Wildman–Crippen MR) is 26.1 cm³/mol. The Labute approximate surface area is 39.6 Å². The summed E-state index contributed by atoms with van der Waals surface area (Å²) in [7, 11) is 0. The molecular weight excluding hydrogens is 128 g/mol. The van der Waals surface area contributed by atoms with Crippen molar-refractivity contribution in [1.29, 1.82) is 0 Å². The third kappa shape index (κ3) is 3.78. The minimum absolute atomic E-state index is 1.57. The van der Waals surface area contributed by atoms with Crippen LogP contribution >= 0.6 is 15.9 Å². The van der Waals surface area contributed by atoms with Crippen LogP contribution < -0.4 is 0 Å². The topological polar surface area (TPSA) is 0 Å². The maximum absolute atomic E-state index is 3.25. The lowest BCUT2D eigenvalue weighted by Gasteiger charge is -1.37. The van der Waals surface area contributed by atoms with Gasteiger partial charge in [-0.15, -0.1) is 0 Å². The van der Waals surface area contributed by atoms with Gasteiger partial charge in [0.2, 0.25) is 0 Å². The van der Waals surface area contributed by atoms with E-state index < -0.39 is 0 Å². The molecule has 0 N–H and O–H groups in total. The molecule has 0 saturated carbocycles. The fourth-order valence-electron chi connectivity index (χ4n) is 0.0386. The van der Waals surface area contributed by atoms with E-state index in [0.29, 0.717) is 0 Å². The molecule has 0 bridgehead atoms. The lowest BCUT2D eigenvalue weighted by atomic mass is 10.9. The smallest absolute Gasteiger partial charge is 0.0316 e. The molecule has 26 valence electrons. The first-order valence-electron chi connectivity index (χ1n) is 1.11. The second-order valence-corrected chi connectivity index (χ2v) is 0.888. The summed E-state index contributed by atoms with van der Waals surface area (Å²) >= 11 is 2.97. The first kappa shape index (κ1) is 4.78. The first-order chi connectivity index (χ1) is 2.41. The molecule has 0 rings (SSSR count). The molecule has 0 fully saturated rings. The Morgan fingerprint density at radius 3 is 2.40 bits per heavy atom. The Bertz CT molecular complexity index is 81.8. The van der Waals surface area contributed by atoms with E-state index in [1.54, 1.807) is 4.99 Å². The maximum atomic E-state index is 3.25. The molecule has 0 aliphatic heterocycles. The molecule has 0 radical (unpaired) electrons. The van der Waals surface area contributed by atoms with E-state index in [1.807, 2.05) is 0 Å². The van der Waals surface area contributed by atoms with Crippen molar-refractivity contribution < 1.29 is 0 Å². The number of halogens is 1. The Morgan fingerprint density at radius 2 is 2.40 bits per heavy atom. The van der Waals surface area contributed by atoms with Gasteiger partial charge in [0, 0.05) is 4.99 Å². The molecule has 0 aliphatic carbocycles. The van der Waals surface area contributed by atoms with Gasteiger partial charge in [-0.25, -0.2) is 0 Å². The molecule has 0 spiro atoms. The van der Waals surface area contributed by atoms with Crippen molar-refractivity contribution in [1.82, 2.24) is 0 Å². The average molecular weight is 131 g/mol. The van der Waals surface area contributed by atoms with Crippen molar-refractivity contribution in [3.05, 3.63) is 23.0 Å². The summed E-state index contributed by atoms with van der Waals surface area (Å²) in [5.74, 6) is 0. The van der Waals surface area contributed by atoms with Crippen LogP contribution in [0.3, 0.4) is 0 Å². The summed E-state index contributed by atoms with van der Waals surface area (Å²) in [6, 6.07) is 0. The zero-order chi connectivity index (χ0) is 4.12. The van der Waals surface area contributed by atoms with Gasteiger partial charge in [0.15, 0.2) is 0 Å². The number of hydrogen-bond acceptors (Lipinski definition) is 0. The molecule has 0 aromatic carbocycles. The SMILES string of the molecule is C=C=C=CBr. The monoisotopic (exact) mass is 130 g/mol. The second kappa shape index (κ2) is 3.78. The molecule has 0 atom stereocenters. The minimum Gasteiger partial charge on any atom is -0.0776 e. The van der Waals surface area contributed by atoms with Gasteiger partial charge in [0.1, 0.15) is 0 Å². The molecular formula is C4H3Br. The highest BCUT2D eigenvalue weighted by atomic mass is 79.9. The first-order valence-corrected chi connectivity index (χ1v) is 2.03. The summed E-state index contributed by atoms with van der Waals surface area (Å²) in [4.78, 5) is 1.57. The lowest BCUT2D eigenvalue weighted by molar-refractivity contribution is 2.35. The molecule has 0 aromatic heterocycles. The van der Waals surface area contributed by atoms with Crippen LogP contribution in [0.2, 0.25) is 0 Å². The summed E-state index contributed by atoms with van der Waals surface area (Å²) in [5.41, 5.74) is 4.96. The van der Waals surface area contributed by atoms with Crippen molar-refractivity contribution in [2.45, 2.75) is 0 Å². The van der Waals surface area contributed by atoms with E-state index >= 15 is 0 Å². The van der Waals surface area contributed by atoms with Crippen LogP contribution in [0.25, 0.3) is 0 Å². The van der Waals surface area contributed by atoms with Crippen molar-refractivity contribution in [3.8, 4) is 0 Å². The molecule has 0 aromatic rings. The third-order valence-electron chi connectivity index (χ3n) is 0.157. The Kier molecular flexibility index (Phi) is 3.61.